The number of pyridine rings is 1. The second kappa shape index (κ2) is 7.66. The maximum atomic E-state index is 11.5. The number of nitrogens with zero attached hydrogens (tertiary/aromatic N) is 2. The number of carboxylic acids is 1. The van der Waals surface area contributed by atoms with E-state index in [1.165, 1.54) is 0 Å². The normalized spacial score (nSPS) is 19.4. The van der Waals surface area contributed by atoms with Crippen molar-refractivity contribution >= 4 is 5.97 Å². The summed E-state index contributed by atoms with van der Waals surface area (Å²) in [5.74, 6) is -0.260. The quantitative estimate of drug-likeness (QED) is 0.905. The molecule has 132 valence electrons. The van der Waals surface area contributed by atoms with E-state index in [0.29, 0.717) is 6.54 Å². The van der Waals surface area contributed by atoms with Crippen LogP contribution < -0.4 is 4.74 Å². The number of likely N-dealkylation sites (tertiary alicyclic amines) is 1. The van der Waals surface area contributed by atoms with Crippen molar-refractivity contribution in [3.8, 4) is 5.75 Å². The van der Waals surface area contributed by atoms with E-state index in [-0.39, 0.29) is 12.0 Å². The van der Waals surface area contributed by atoms with Gasteiger partial charge in [0.15, 0.2) is 0 Å². The Morgan fingerprint density at radius 1 is 1.32 bits per heavy atom. The zero-order valence-corrected chi connectivity index (χ0v) is 14.7. The average Bonchev–Trinajstić information content (AvgIpc) is 2.64. The smallest absolute Gasteiger partial charge is 0.307 e. The van der Waals surface area contributed by atoms with Gasteiger partial charge in [-0.2, -0.15) is 0 Å². The first kappa shape index (κ1) is 17.4. The van der Waals surface area contributed by atoms with Crippen LogP contribution in [0, 0.1) is 12.8 Å². The van der Waals surface area contributed by atoms with Crippen LogP contribution in [0.3, 0.4) is 0 Å². The number of aromatic nitrogens is 1. The highest BCUT2D eigenvalue weighted by Crippen LogP contribution is 2.36. The van der Waals surface area contributed by atoms with Gasteiger partial charge in [-0.3, -0.25) is 14.7 Å². The van der Waals surface area contributed by atoms with E-state index in [4.69, 9.17) is 4.74 Å². The molecule has 0 radical (unpaired) electrons. The lowest BCUT2D eigenvalue weighted by Crippen LogP contribution is -2.41. The number of carboxylic acid groups (broad SMARTS) is 1. The van der Waals surface area contributed by atoms with Crippen molar-refractivity contribution in [2.24, 2.45) is 5.92 Å². The molecule has 2 heterocycles. The Morgan fingerprint density at radius 2 is 2.12 bits per heavy atom. The van der Waals surface area contributed by atoms with Crippen molar-refractivity contribution in [3.05, 3.63) is 59.4 Å². The van der Waals surface area contributed by atoms with Gasteiger partial charge in [0.1, 0.15) is 5.75 Å². The average molecular weight is 340 g/mol. The molecule has 1 saturated heterocycles. The SMILES string of the molecule is COc1ccccc1C(c1ccc(C)cn1)N1CCCC(C(=O)O)C1. The molecule has 1 aliphatic rings. The van der Waals surface area contributed by atoms with E-state index < -0.39 is 5.97 Å². The predicted octanol–water partition coefficient (Wildman–Crippen LogP) is 3.28. The molecular weight excluding hydrogens is 316 g/mol. The summed E-state index contributed by atoms with van der Waals surface area (Å²) in [6.07, 6.45) is 3.46. The summed E-state index contributed by atoms with van der Waals surface area (Å²) >= 11 is 0. The van der Waals surface area contributed by atoms with Gasteiger partial charge in [-0.15, -0.1) is 0 Å². The zero-order valence-electron chi connectivity index (χ0n) is 14.7. The Bertz CT molecular complexity index is 730. The maximum absolute atomic E-state index is 11.5. The van der Waals surface area contributed by atoms with Crippen molar-refractivity contribution in [3.63, 3.8) is 0 Å². The fourth-order valence-corrected chi connectivity index (χ4v) is 3.52. The van der Waals surface area contributed by atoms with Crippen LogP contribution in [0.4, 0.5) is 0 Å². The standard InChI is InChI=1S/C20H24N2O3/c1-14-9-10-17(21-12-14)19(16-7-3-4-8-18(16)25-2)22-11-5-6-15(13-22)20(23)24/h3-4,7-10,12,15,19H,5-6,11,13H2,1-2H3,(H,23,24). The van der Waals surface area contributed by atoms with Crippen LogP contribution in [0.2, 0.25) is 0 Å². The largest absolute Gasteiger partial charge is 0.496 e. The van der Waals surface area contributed by atoms with Gasteiger partial charge in [-0.1, -0.05) is 24.3 Å². The summed E-state index contributed by atoms with van der Waals surface area (Å²) < 4.78 is 5.57. The third-order valence-electron chi connectivity index (χ3n) is 4.82. The number of hydrogen-bond donors (Lipinski definition) is 1. The van der Waals surface area contributed by atoms with Crippen LogP contribution in [-0.4, -0.2) is 41.2 Å². The second-order valence-corrected chi connectivity index (χ2v) is 6.58. The van der Waals surface area contributed by atoms with Gasteiger partial charge in [-0.25, -0.2) is 0 Å². The molecule has 5 heteroatoms. The molecule has 1 aromatic heterocycles. The Kier molecular flexibility index (Phi) is 5.34. The van der Waals surface area contributed by atoms with Gasteiger partial charge >= 0.3 is 5.97 Å². The Labute approximate surface area is 148 Å². The molecule has 0 spiro atoms. The summed E-state index contributed by atoms with van der Waals surface area (Å²) in [6.45, 7) is 3.38. The molecule has 5 nitrogen and oxygen atoms in total. The molecule has 2 unspecified atom stereocenters. The Morgan fingerprint density at radius 3 is 2.80 bits per heavy atom. The molecule has 2 atom stereocenters. The van der Waals surface area contributed by atoms with Crippen LogP contribution in [0.1, 0.15) is 35.7 Å². The number of hydrogen-bond acceptors (Lipinski definition) is 4. The Balaban J connectivity index is 2.02. The molecule has 1 aliphatic heterocycles. The number of methoxy groups -OCH3 is 1. The van der Waals surface area contributed by atoms with E-state index >= 15 is 0 Å². The molecule has 0 saturated carbocycles. The molecule has 2 aromatic rings. The molecule has 0 aliphatic carbocycles. The third-order valence-corrected chi connectivity index (χ3v) is 4.82. The molecule has 1 N–H and O–H groups in total. The summed E-state index contributed by atoms with van der Waals surface area (Å²) in [7, 11) is 1.66. The number of aryl methyl sites for hydroxylation is 1. The van der Waals surface area contributed by atoms with Crippen LogP contribution in [0.25, 0.3) is 0 Å². The van der Waals surface area contributed by atoms with Gasteiger partial charge in [0.05, 0.1) is 24.8 Å². The lowest BCUT2D eigenvalue weighted by atomic mass is 9.93. The highest BCUT2D eigenvalue weighted by molar-refractivity contribution is 5.70. The van der Waals surface area contributed by atoms with Crippen LogP contribution in [0.15, 0.2) is 42.6 Å². The number of piperidine rings is 1. The molecule has 0 amide bonds. The van der Waals surface area contributed by atoms with Gasteiger partial charge in [-0.05, 0) is 44.0 Å². The van der Waals surface area contributed by atoms with E-state index in [9.17, 15) is 9.90 Å². The summed E-state index contributed by atoms with van der Waals surface area (Å²) in [4.78, 5) is 18.3. The number of benzene rings is 1. The topological polar surface area (TPSA) is 62.7 Å². The molecule has 3 rings (SSSR count). The lowest BCUT2D eigenvalue weighted by Gasteiger charge is -2.37. The minimum atomic E-state index is -0.722. The monoisotopic (exact) mass is 340 g/mol. The van der Waals surface area contributed by atoms with Crippen molar-refractivity contribution < 1.29 is 14.6 Å². The first-order valence-corrected chi connectivity index (χ1v) is 8.62. The van der Waals surface area contributed by atoms with Crippen molar-refractivity contribution in [2.75, 3.05) is 20.2 Å². The number of rotatable bonds is 5. The lowest BCUT2D eigenvalue weighted by molar-refractivity contribution is -0.143. The minimum Gasteiger partial charge on any atom is -0.496 e. The summed E-state index contributed by atoms with van der Waals surface area (Å²) in [6, 6.07) is 11.9. The Hall–Kier alpha value is -2.40. The van der Waals surface area contributed by atoms with Crippen LogP contribution in [0.5, 0.6) is 5.75 Å². The number of carbonyl (C=O) groups is 1. The van der Waals surface area contributed by atoms with E-state index in [0.717, 1.165) is 42.0 Å². The minimum absolute atomic E-state index is 0.112. The predicted molar refractivity (Wildman–Crippen MR) is 95.7 cm³/mol. The van der Waals surface area contributed by atoms with Crippen LogP contribution in [-0.2, 0) is 4.79 Å². The fraction of sp³-hybridized carbons (Fsp3) is 0.400. The highest BCUT2D eigenvalue weighted by atomic mass is 16.5. The fourth-order valence-electron chi connectivity index (χ4n) is 3.52. The van der Waals surface area contributed by atoms with E-state index in [1.54, 1.807) is 7.11 Å². The highest BCUT2D eigenvalue weighted by Gasteiger charge is 2.33. The molecule has 25 heavy (non-hydrogen) atoms. The first-order chi connectivity index (χ1) is 12.1. The van der Waals surface area contributed by atoms with E-state index in [2.05, 4.69) is 9.88 Å². The molecule has 1 aromatic carbocycles. The first-order valence-electron chi connectivity index (χ1n) is 8.62. The summed E-state index contributed by atoms with van der Waals surface area (Å²) in [5.41, 5.74) is 3.04. The van der Waals surface area contributed by atoms with Crippen LogP contribution >= 0.6 is 0 Å². The van der Waals surface area contributed by atoms with Gasteiger partial charge in [0.25, 0.3) is 0 Å². The molecular formula is C20H24N2O3. The number of aliphatic carboxylic acids is 1. The third kappa shape index (κ3) is 3.82. The summed E-state index contributed by atoms with van der Waals surface area (Å²) in [5, 5.41) is 9.45. The van der Waals surface area contributed by atoms with Crippen molar-refractivity contribution in [1.82, 2.24) is 9.88 Å². The number of ether oxygens (including phenoxy) is 1. The molecule has 1 fully saturated rings. The number of para-hydroxylation sites is 1. The zero-order chi connectivity index (χ0) is 17.8. The van der Waals surface area contributed by atoms with Gasteiger partial charge in [0.2, 0.25) is 0 Å². The second-order valence-electron chi connectivity index (χ2n) is 6.58. The van der Waals surface area contributed by atoms with Crippen molar-refractivity contribution in [1.29, 1.82) is 0 Å². The molecule has 0 bridgehead atoms. The van der Waals surface area contributed by atoms with Crippen molar-refractivity contribution in [2.45, 2.75) is 25.8 Å². The van der Waals surface area contributed by atoms with Gasteiger partial charge in [0, 0.05) is 18.3 Å². The van der Waals surface area contributed by atoms with Gasteiger partial charge < -0.3 is 9.84 Å². The maximum Gasteiger partial charge on any atom is 0.307 e. The van der Waals surface area contributed by atoms with E-state index in [1.807, 2.05) is 49.5 Å².